The number of amides is 1. The van der Waals surface area contributed by atoms with E-state index in [9.17, 15) is 17.6 Å². The Morgan fingerprint density at radius 2 is 2.16 bits per heavy atom. The van der Waals surface area contributed by atoms with Gasteiger partial charge in [-0.25, -0.2) is 12.8 Å². The average Bonchev–Trinajstić information content (AvgIpc) is 2.61. The van der Waals surface area contributed by atoms with Crippen LogP contribution in [-0.2, 0) is 13.8 Å². The Labute approximate surface area is 123 Å². The van der Waals surface area contributed by atoms with Gasteiger partial charge in [0, 0.05) is 29.6 Å². The number of carbonyl (C=O) groups is 1. The van der Waals surface area contributed by atoms with E-state index in [1.807, 2.05) is 0 Å². The minimum Gasteiger partial charge on any atom is -0.311 e. The number of carbonyl (C=O) groups excluding carboxylic acids is 1. The molecule has 1 aromatic rings. The number of benzene rings is 1. The fourth-order valence-corrected chi connectivity index (χ4v) is 3.91. The highest BCUT2D eigenvalue weighted by atomic mass is 79.9. The van der Waals surface area contributed by atoms with Crippen molar-refractivity contribution in [3.63, 3.8) is 0 Å². The van der Waals surface area contributed by atoms with Crippen molar-refractivity contribution in [1.82, 2.24) is 0 Å². The summed E-state index contributed by atoms with van der Waals surface area (Å²) in [6, 6.07) is 4.37. The number of anilines is 1. The molecule has 2 rings (SSSR count). The van der Waals surface area contributed by atoms with Crippen molar-refractivity contribution in [3.05, 3.63) is 28.5 Å². The van der Waals surface area contributed by atoms with Gasteiger partial charge in [0.25, 0.3) is 0 Å². The van der Waals surface area contributed by atoms with Crippen molar-refractivity contribution >= 4 is 47.3 Å². The Hall–Kier alpha value is -0.660. The second kappa shape index (κ2) is 5.38. The molecule has 1 amide bonds. The summed E-state index contributed by atoms with van der Waals surface area (Å²) in [6.45, 7) is 0.215. The Bertz CT molecular complexity index is 622. The Morgan fingerprint density at radius 3 is 2.79 bits per heavy atom. The Morgan fingerprint density at radius 1 is 1.47 bits per heavy atom. The molecule has 1 fully saturated rings. The van der Waals surface area contributed by atoms with E-state index >= 15 is 0 Å². The molecular formula is C11H10BrClFNO3S. The molecular weight excluding hydrogens is 361 g/mol. The van der Waals surface area contributed by atoms with E-state index in [4.69, 9.17) is 10.7 Å². The SMILES string of the molecule is O=C1CC(CS(=O)(=O)Cl)CN1c1cccc(F)c1Br. The first-order chi connectivity index (χ1) is 8.78. The summed E-state index contributed by atoms with van der Waals surface area (Å²) in [5.74, 6) is -1.34. The lowest BCUT2D eigenvalue weighted by molar-refractivity contribution is -0.117. The van der Waals surface area contributed by atoms with E-state index in [0.717, 1.165) is 0 Å². The predicted molar refractivity (Wildman–Crippen MR) is 74.2 cm³/mol. The van der Waals surface area contributed by atoms with E-state index in [2.05, 4.69) is 15.9 Å². The van der Waals surface area contributed by atoms with Gasteiger partial charge >= 0.3 is 0 Å². The van der Waals surface area contributed by atoms with Crippen LogP contribution < -0.4 is 4.90 Å². The molecule has 4 nitrogen and oxygen atoms in total. The van der Waals surface area contributed by atoms with Gasteiger partial charge in [0.05, 0.1) is 15.9 Å². The highest BCUT2D eigenvalue weighted by Crippen LogP contribution is 2.33. The zero-order chi connectivity index (χ0) is 14.2. The van der Waals surface area contributed by atoms with Gasteiger partial charge < -0.3 is 4.90 Å². The summed E-state index contributed by atoms with van der Waals surface area (Å²) < 4.78 is 35.7. The molecule has 0 bridgehead atoms. The fourth-order valence-electron chi connectivity index (χ4n) is 2.11. The van der Waals surface area contributed by atoms with Crippen LogP contribution in [-0.4, -0.2) is 26.6 Å². The van der Waals surface area contributed by atoms with Crippen LogP contribution in [0.3, 0.4) is 0 Å². The monoisotopic (exact) mass is 369 g/mol. The molecule has 104 valence electrons. The number of rotatable bonds is 3. The van der Waals surface area contributed by atoms with Crippen molar-refractivity contribution in [3.8, 4) is 0 Å². The summed E-state index contributed by atoms with van der Waals surface area (Å²) in [6.07, 6.45) is 0.0922. The van der Waals surface area contributed by atoms with Crippen LogP contribution in [0, 0.1) is 11.7 Å². The first-order valence-electron chi connectivity index (χ1n) is 5.44. The van der Waals surface area contributed by atoms with Crippen LogP contribution in [0.1, 0.15) is 6.42 Å². The summed E-state index contributed by atoms with van der Waals surface area (Å²) in [7, 11) is 1.54. The van der Waals surface area contributed by atoms with Crippen molar-refractivity contribution in [2.45, 2.75) is 6.42 Å². The van der Waals surface area contributed by atoms with Gasteiger partial charge in [0.15, 0.2) is 0 Å². The minimum atomic E-state index is -3.65. The molecule has 0 aliphatic carbocycles. The molecule has 19 heavy (non-hydrogen) atoms. The Kier molecular flexibility index (Phi) is 4.17. The standard InChI is InChI=1S/C11H10BrClFNO3S/c12-11-8(14)2-1-3-9(11)15-5-7(4-10(15)16)6-19(13,17)18/h1-3,7H,4-6H2. The lowest BCUT2D eigenvalue weighted by Crippen LogP contribution is -2.25. The average molecular weight is 371 g/mol. The van der Waals surface area contributed by atoms with Crippen LogP contribution in [0.4, 0.5) is 10.1 Å². The van der Waals surface area contributed by atoms with Gasteiger partial charge in [0.1, 0.15) is 5.82 Å². The molecule has 1 atom stereocenters. The second-order valence-corrected chi connectivity index (χ2v) is 7.97. The molecule has 0 spiro atoms. The van der Waals surface area contributed by atoms with Crippen molar-refractivity contribution in [1.29, 1.82) is 0 Å². The maximum Gasteiger partial charge on any atom is 0.232 e. The minimum absolute atomic E-state index is 0.0922. The summed E-state index contributed by atoms with van der Waals surface area (Å²) in [5, 5.41) is 0. The smallest absolute Gasteiger partial charge is 0.232 e. The van der Waals surface area contributed by atoms with Gasteiger partial charge in [-0.15, -0.1) is 0 Å². The van der Waals surface area contributed by atoms with Crippen LogP contribution in [0.25, 0.3) is 0 Å². The molecule has 1 heterocycles. The van der Waals surface area contributed by atoms with E-state index < -0.39 is 14.9 Å². The lowest BCUT2D eigenvalue weighted by atomic mass is 10.1. The highest BCUT2D eigenvalue weighted by molar-refractivity contribution is 9.10. The van der Waals surface area contributed by atoms with Gasteiger partial charge in [-0.05, 0) is 28.1 Å². The summed E-state index contributed by atoms with van der Waals surface area (Å²) in [5.41, 5.74) is 0.402. The van der Waals surface area contributed by atoms with Crippen LogP contribution in [0.15, 0.2) is 22.7 Å². The molecule has 1 aliphatic heterocycles. The van der Waals surface area contributed by atoms with Gasteiger partial charge in [0.2, 0.25) is 15.0 Å². The van der Waals surface area contributed by atoms with Crippen LogP contribution >= 0.6 is 26.6 Å². The predicted octanol–water partition coefficient (Wildman–Crippen LogP) is 2.51. The van der Waals surface area contributed by atoms with Crippen molar-refractivity contribution in [2.75, 3.05) is 17.2 Å². The third kappa shape index (κ3) is 3.46. The molecule has 8 heteroatoms. The second-order valence-electron chi connectivity index (χ2n) is 4.35. The molecule has 1 saturated heterocycles. The summed E-state index contributed by atoms with van der Waals surface area (Å²) >= 11 is 3.09. The molecule has 1 aromatic carbocycles. The number of halogens is 3. The number of hydrogen-bond donors (Lipinski definition) is 0. The lowest BCUT2D eigenvalue weighted by Gasteiger charge is -2.18. The first kappa shape index (κ1) is 14.7. The van der Waals surface area contributed by atoms with Gasteiger partial charge in [-0.2, -0.15) is 0 Å². The summed E-state index contributed by atoms with van der Waals surface area (Å²) in [4.78, 5) is 13.3. The number of nitrogens with zero attached hydrogens (tertiary/aromatic N) is 1. The van der Waals surface area contributed by atoms with Crippen molar-refractivity contribution in [2.24, 2.45) is 5.92 Å². The van der Waals surface area contributed by atoms with Gasteiger partial charge in [-0.3, -0.25) is 4.79 Å². The quantitative estimate of drug-likeness (QED) is 0.768. The van der Waals surface area contributed by atoms with Crippen LogP contribution in [0.2, 0.25) is 0 Å². The topological polar surface area (TPSA) is 54.5 Å². The van der Waals surface area contributed by atoms with E-state index in [1.54, 1.807) is 6.07 Å². The maximum absolute atomic E-state index is 13.4. The van der Waals surface area contributed by atoms with Gasteiger partial charge in [-0.1, -0.05) is 6.07 Å². The van der Waals surface area contributed by atoms with E-state index in [1.165, 1.54) is 17.0 Å². The molecule has 0 saturated carbocycles. The third-order valence-electron chi connectivity index (χ3n) is 2.86. The third-order valence-corrected chi connectivity index (χ3v) is 4.89. The maximum atomic E-state index is 13.4. The largest absolute Gasteiger partial charge is 0.311 e. The molecule has 0 radical (unpaired) electrons. The molecule has 1 unspecified atom stereocenters. The molecule has 0 N–H and O–H groups in total. The normalized spacial score (nSPS) is 20.1. The van der Waals surface area contributed by atoms with Crippen molar-refractivity contribution < 1.29 is 17.6 Å². The Balaban J connectivity index is 2.23. The van der Waals surface area contributed by atoms with E-state index in [0.29, 0.717) is 5.69 Å². The zero-order valence-corrected chi connectivity index (χ0v) is 12.8. The van der Waals surface area contributed by atoms with Crippen LogP contribution in [0.5, 0.6) is 0 Å². The molecule has 1 aliphatic rings. The zero-order valence-electron chi connectivity index (χ0n) is 9.64. The van der Waals surface area contributed by atoms with E-state index in [-0.39, 0.29) is 35.0 Å². The fraction of sp³-hybridized carbons (Fsp3) is 0.364. The highest BCUT2D eigenvalue weighted by Gasteiger charge is 2.34. The number of hydrogen-bond acceptors (Lipinski definition) is 3. The molecule has 0 aromatic heterocycles. The first-order valence-corrected chi connectivity index (χ1v) is 8.72.